The number of carbonyl (C=O) groups is 2. The van der Waals surface area contributed by atoms with Crippen molar-refractivity contribution in [1.82, 2.24) is 10.2 Å². The van der Waals surface area contributed by atoms with Crippen LogP contribution in [0.15, 0.2) is 78.9 Å². The molecule has 0 unspecified atom stereocenters. The van der Waals surface area contributed by atoms with Gasteiger partial charge in [0.05, 0.1) is 20.1 Å². The van der Waals surface area contributed by atoms with Crippen molar-refractivity contribution in [2.24, 2.45) is 0 Å². The third kappa shape index (κ3) is 6.93. The predicted molar refractivity (Wildman–Crippen MR) is 139 cm³/mol. The number of methoxy groups -OCH3 is 1. The maximum absolute atomic E-state index is 13.4. The van der Waals surface area contributed by atoms with Gasteiger partial charge in [-0.2, -0.15) is 0 Å². The van der Waals surface area contributed by atoms with Crippen LogP contribution in [0.4, 0.5) is 5.69 Å². The molecule has 2 amide bonds. The van der Waals surface area contributed by atoms with Crippen LogP contribution in [-0.4, -0.2) is 50.0 Å². The fourth-order valence-electron chi connectivity index (χ4n) is 4.33. The van der Waals surface area contributed by atoms with Crippen molar-refractivity contribution >= 4 is 17.5 Å². The number of anilines is 1. The molecule has 3 aromatic rings. The predicted octanol–water partition coefficient (Wildman–Crippen LogP) is 4.30. The Morgan fingerprint density at radius 1 is 0.886 bits per heavy atom. The molecule has 0 atom stereocenters. The molecule has 1 aliphatic rings. The summed E-state index contributed by atoms with van der Waals surface area (Å²) in [5.74, 6) is 0.721. The lowest BCUT2D eigenvalue weighted by Gasteiger charge is -2.24. The molecule has 0 aromatic heterocycles. The van der Waals surface area contributed by atoms with Gasteiger partial charge in [-0.15, -0.1) is 0 Å². The number of hydrogen-bond donors (Lipinski definition) is 1. The van der Waals surface area contributed by atoms with Crippen LogP contribution >= 0.6 is 0 Å². The number of likely N-dealkylation sites (tertiary alicyclic amines) is 1. The Morgan fingerprint density at radius 3 is 2.20 bits per heavy atom. The van der Waals surface area contributed by atoms with Crippen LogP contribution in [0.1, 0.15) is 34.3 Å². The van der Waals surface area contributed by atoms with Gasteiger partial charge >= 0.3 is 0 Å². The molecule has 1 fully saturated rings. The zero-order valence-corrected chi connectivity index (χ0v) is 20.3. The molecule has 6 heteroatoms. The number of carbonyl (C=O) groups excluding carboxylic acids is 2. The van der Waals surface area contributed by atoms with Crippen molar-refractivity contribution in [3.05, 3.63) is 95.6 Å². The van der Waals surface area contributed by atoms with E-state index in [0.717, 1.165) is 42.2 Å². The lowest BCUT2D eigenvalue weighted by molar-refractivity contribution is -0.120. The molecule has 0 radical (unpaired) electrons. The van der Waals surface area contributed by atoms with Gasteiger partial charge in [-0.05, 0) is 73.5 Å². The molecule has 0 spiro atoms. The van der Waals surface area contributed by atoms with Crippen molar-refractivity contribution in [3.63, 3.8) is 0 Å². The van der Waals surface area contributed by atoms with E-state index in [9.17, 15) is 9.59 Å². The first kappa shape index (κ1) is 24.5. The van der Waals surface area contributed by atoms with Crippen LogP contribution in [-0.2, 0) is 17.8 Å². The summed E-state index contributed by atoms with van der Waals surface area (Å²) in [4.78, 5) is 29.9. The van der Waals surface area contributed by atoms with Crippen molar-refractivity contribution in [1.29, 1.82) is 0 Å². The van der Waals surface area contributed by atoms with E-state index in [4.69, 9.17) is 4.74 Å². The molecule has 0 bridgehead atoms. The summed E-state index contributed by atoms with van der Waals surface area (Å²) in [5, 5.41) is 3.02. The number of nitrogens with one attached hydrogen (secondary N) is 1. The summed E-state index contributed by atoms with van der Waals surface area (Å²) in [5.41, 5.74) is 3.33. The fourth-order valence-corrected chi connectivity index (χ4v) is 4.33. The van der Waals surface area contributed by atoms with Gasteiger partial charge in [0.25, 0.3) is 5.91 Å². The van der Waals surface area contributed by atoms with Gasteiger partial charge in [-0.1, -0.05) is 42.5 Å². The van der Waals surface area contributed by atoms with Gasteiger partial charge in [0.1, 0.15) is 5.75 Å². The Balaban J connectivity index is 1.43. The summed E-state index contributed by atoms with van der Waals surface area (Å²) in [6.45, 7) is 4.27. The molecular weight excluding hydrogens is 438 g/mol. The first-order valence-corrected chi connectivity index (χ1v) is 12.2. The zero-order valence-electron chi connectivity index (χ0n) is 20.3. The van der Waals surface area contributed by atoms with E-state index in [1.54, 1.807) is 12.0 Å². The van der Waals surface area contributed by atoms with Gasteiger partial charge in [0.15, 0.2) is 0 Å². The van der Waals surface area contributed by atoms with Gasteiger partial charge in [-0.3, -0.25) is 9.59 Å². The molecular formula is C29H33N3O3. The second kappa shape index (κ2) is 12.2. The molecule has 182 valence electrons. The van der Waals surface area contributed by atoms with Crippen molar-refractivity contribution in [3.8, 4) is 5.75 Å². The Morgan fingerprint density at radius 2 is 1.54 bits per heavy atom. The highest BCUT2D eigenvalue weighted by molar-refractivity contribution is 6.06. The van der Waals surface area contributed by atoms with Gasteiger partial charge in [0, 0.05) is 24.3 Å². The van der Waals surface area contributed by atoms with E-state index in [1.807, 2.05) is 78.9 Å². The normalized spacial score (nSPS) is 13.4. The molecule has 6 nitrogen and oxygen atoms in total. The number of rotatable bonds is 10. The summed E-state index contributed by atoms with van der Waals surface area (Å²) < 4.78 is 5.26. The first-order valence-electron chi connectivity index (χ1n) is 12.2. The second-order valence-corrected chi connectivity index (χ2v) is 8.85. The van der Waals surface area contributed by atoms with Crippen LogP contribution in [0.3, 0.4) is 0 Å². The van der Waals surface area contributed by atoms with E-state index in [0.29, 0.717) is 25.1 Å². The maximum atomic E-state index is 13.4. The average Bonchev–Trinajstić information content (AvgIpc) is 3.42. The zero-order chi connectivity index (χ0) is 24.5. The molecule has 3 aromatic carbocycles. The quantitative estimate of drug-likeness (QED) is 0.479. The van der Waals surface area contributed by atoms with Crippen LogP contribution in [0.5, 0.6) is 5.75 Å². The van der Waals surface area contributed by atoms with Crippen LogP contribution < -0.4 is 15.0 Å². The van der Waals surface area contributed by atoms with Gasteiger partial charge in [-0.25, -0.2) is 0 Å². The Labute approximate surface area is 207 Å². The summed E-state index contributed by atoms with van der Waals surface area (Å²) in [6.07, 6.45) is 2.83. The highest BCUT2D eigenvalue weighted by atomic mass is 16.5. The number of nitrogens with zero attached hydrogens (tertiary/aromatic N) is 2. The largest absolute Gasteiger partial charge is 0.497 e. The minimum Gasteiger partial charge on any atom is -0.497 e. The molecule has 1 N–H and O–H groups in total. The summed E-state index contributed by atoms with van der Waals surface area (Å²) in [6, 6.07) is 24.7. The Bertz CT molecular complexity index is 1090. The smallest absolute Gasteiger partial charge is 0.258 e. The average molecular weight is 472 g/mol. The van der Waals surface area contributed by atoms with E-state index in [-0.39, 0.29) is 11.8 Å². The van der Waals surface area contributed by atoms with Crippen LogP contribution in [0.25, 0.3) is 0 Å². The Hall–Kier alpha value is -3.64. The number of amides is 2. The highest BCUT2D eigenvalue weighted by Crippen LogP contribution is 2.22. The van der Waals surface area contributed by atoms with Crippen molar-refractivity contribution in [2.45, 2.75) is 25.8 Å². The third-order valence-corrected chi connectivity index (χ3v) is 6.33. The monoisotopic (exact) mass is 471 g/mol. The molecule has 0 aliphatic carbocycles. The molecule has 4 rings (SSSR count). The van der Waals surface area contributed by atoms with Gasteiger partial charge in [0.2, 0.25) is 5.91 Å². The minimum absolute atomic E-state index is 0.0207. The van der Waals surface area contributed by atoms with Crippen molar-refractivity contribution in [2.75, 3.05) is 38.2 Å². The maximum Gasteiger partial charge on any atom is 0.258 e. The molecule has 35 heavy (non-hydrogen) atoms. The van der Waals surface area contributed by atoms with E-state index in [2.05, 4.69) is 10.2 Å². The van der Waals surface area contributed by atoms with E-state index < -0.39 is 0 Å². The number of hydrogen-bond acceptors (Lipinski definition) is 4. The number of benzene rings is 3. The molecule has 1 heterocycles. The van der Waals surface area contributed by atoms with Crippen molar-refractivity contribution < 1.29 is 14.3 Å². The van der Waals surface area contributed by atoms with E-state index in [1.165, 1.54) is 12.8 Å². The topological polar surface area (TPSA) is 61.9 Å². The highest BCUT2D eigenvalue weighted by Gasteiger charge is 2.18. The SMILES string of the molecule is COc1ccc(CN(C(=O)c2ccccc2)c2ccc(CC(=O)NCCN3CCCC3)cc2)cc1. The lowest BCUT2D eigenvalue weighted by atomic mass is 10.1. The fraction of sp³-hybridized carbons (Fsp3) is 0.310. The minimum atomic E-state index is -0.0752. The second-order valence-electron chi connectivity index (χ2n) is 8.85. The standard InChI is InChI=1S/C29H33N3O3/c1-35-27-15-11-24(12-16-27)22-32(29(34)25-7-3-2-4-8-25)26-13-9-23(10-14-26)21-28(33)30-17-20-31-18-5-6-19-31/h2-4,7-16H,5-6,17-22H2,1H3,(H,30,33). The molecule has 0 saturated carbocycles. The third-order valence-electron chi connectivity index (χ3n) is 6.33. The first-order chi connectivity index (χ1) is 17.1. The lowest BCUT2D eigenvalue weighted by Crippen LogP contribution is -2.34. The van der Waals surface area contributed by atoms with E-state index >= 15 is 0 Å². The summed E-state index contributed by atoms with van der Waals surface area (Å²) >= 11 is 0. The Kier molecular flexibility index (Phi) is 8.52. The van der Waals surface area contributed by atoms with Crippen LogP contribution in [0.2, 0.25) is 0 Å². The molecule has 1 saturated heterocycles. The number of ether oxygens (including phenoxy) is 1. The van der Waals surface area contributed by atoms with Crippen LogP contribution in [0, 0.1) is 0 Å². The molecule has 1 aliphatic heterocycles. The summed E-state index contributed by atoms with van der Waals surface area (Å²) in [7, 11) is 1.63. The van der Waals surface area contributed by atoms with Gasteiger partial charge < -0.3 is 19.9 Å².